The van der Waals surface area contributed by atoms with Crippen LogP contribution < -0.4 is 0 Å². The molecule has 0 bridgehead atoms. The summed E-state index contributed by atoms with van der Waals surface area (Å²) >= 11 is 0. The van der Waals surface area contributed by atoms with E-state index in [0.717, 1.165) is 50.7 Å². The predicted octanol–water partition coefficient (Wildman–Crippen LogP) is 4.09. The zero-order valence-electron chi connectivity index (χ0n) is 30.7. The van der Waals surface area contributed by atoms with Gasteiger partial charge in [-0.25, -0.2) is 0 Å². The van der Waals surface area contributed by atoms with Crippen molar-refractivity contribution in [2.45, 2.75) is 156 Å². The molecule has 16 atom stereocenters. The number of hydrogen-bond donors (Lipinski definition) is 4. The van der Waals surface area contributed by atoms with Gasteiger partial charge in [-0.05, 0) is 97.2 Å². The number of hydrogen-bond acceptors (Lipinski definition) is 10. The van der Waals surface area contributed by atoms with Gasteiger partial charge >= 0.3 is 5.97 Å². The predicted molar refractivity (Wildman–Crippen MR) is 179 cm³/mol. The summed E-state index contributed by atoms with van der Waals surface area (Å²) in [6, 6.07) is 0. The quantitative estimate of drug-likeness (QED) is 0.251. The Morgan fingerprint density at radius 2 is 1.67 bits per heavy atom. The van der Waals surface area contributed by atoms with Crippen molar-refractivity contribution in [3.05, 3.63) is 11.1 Å². The highest BCUT2D eigenvalue weighted by atomic mass is 16.7. The summed E-state index contributed by atoms with van der Waals surface area (Å²) in [6.45, 7) is 17.6. The van der Waals surface area contributed by atoms with Gasteiger partial charge < -0.3 is 39.4 Å². The molecule has 2 heterocycles. The molecule has 49 heavy (non-hydrogen) atoms. The minimum Gasteiger partial charge on any atom is -0.460 e. The topological polar surface area (TPSA) is 152 Å². The van der Waals surface area contributed by atoms with E-state index in [1.54, 1.807) is 0 Å². The molecule has 0 amide bonds. The first kappa shape index (κ1) is 36.0. The van der Waals surface area contributed by atoms with Gasteiger partial charge in [-0.1, -0.05) is 47.1 Å². The molecular weight excluding hydrogens is 628 g/mol. The van der Waals surface area contributed by atoms with E-state index in [9.17, 15) is 30.0 Å². The fourth-order valence-electron chi connectivity index (χ4n) is 13.7. The van der Waals surface area contributed by atoms with Crippen LogP contribution in [0.3, 0.4) is 0 Å². The Hall–Kier alpha value is -1.40. The summed E-state index contributed by atoms with van der Waals surface area (Å²) in [5.74, 6) is 1.12. The molecule has 2 aliphatic heterocycles. The Labute approximate surface area is 291 Å². The van der Waals surface area contributed by atoms with Crippen LogP contribution in [0.5, 0.6) is 0 Å². The van der Waals surface area contributed by atoms with E-state index in [-0.39, 0.29) is 33.7 Å². The average Bonchev–Trinajstić information content (AvgIpc) is 3.35. The van der Waals surface area contributed by atoms with Gasteiger partial charge in [-0.2, -0.15) is 0 Å². The van der Waals surface area contributed by atoms with E-state index in [0.29, 0.717) is 36.4 Å². The van der Waals surface area contributed by atoms with Crippen molar-refractivity contribution in [1.29, 1.82) is 0 Å². The average molecular weight is 689 g/mol. The lowest BCUT2D eigenvalue weighted by molar-refractivity contribution is -0.342. The molecule has 7 rings (SSSR count). The number of aliphatic hydroxyl groups is 4. The van der Waals surface area contributed by atoms with Crippen LogP contribution in [0.2, 0.25) is 0 Å². The molecule has 5 aliphatic carbocycles. The maximum Gasteiger partial charge on any atom is 0.302 e. The highest BCUT2D eigenvalue weighted by Crippen LogP contribution is 2.76. The Kier molecular flexibility index (Phi) is 8.67. The lowest BCUT2D eigenvalue weighted by Crippen LogP contribution is -2.68. The molecule has 1 spiro atoms. The lowest BCUT2D eigenvalue weighted by Gasteiger charge is -2.71. The number of ketones is 1. The summed E-state index contributed by atoms with van der Waals surface area (Å²) in [6.07, 6.45) is -1.34. The lowest BCUT2D eigenvalue weighted by atomic mass is 9.34. The van der Waals surface area contributed by atoms with Crippen LogP contribution in [-0.2, 0) is 28.5 Å². The number of carbonyl (C=O) groups is 2. The van der Waals surface area contributed by atoms with Crippen LogP contribution in [-0.4, -0.2) is 94.4 Å². The molecule has 7 aliphatic rings. The van der Waals surface area contributed by atoms with E-state index in [1.807, 2.05) is 0 Å². The molecule has 2 saturated heterocycles. The fraction of sp³-hybridized carbons (Fsp3) is 0.897. The third-order valence-corrected chi connectivity index (χ3v) is 16.2. The summed E-state index contributed by atoms with van der Waals surface area (Å²) in [4.78, 5) is 26.8. The van der Waals surface area contributed by atoms with Crippen LogP contribution in [0.25, 0.3) is 0 Å². The highest BCUT2D eigenvalue weighted by molar-refractivity contribution is 6.01. The van der Waals surface area contributed by atoms with Gasteiger partial charge in [-0.3, -0.25) is 9.59 Å². The second kappa shape index (κ2) is 11.8. The smallest absolute Gasteiger partial charge is 0.302 e. The van der Waals surface area contributed by atoms with Crippen molar-refractivity contribution in [2.75, 3.05) is 13.2 Å². The van der Waals surface area contributed by atoms with E-state index in [2.05, 4.69) is 48.5 Å². The Morgan fingerprint density at radius 1 is 0.959 bits per heavy atom. The number of ether oxygens (including phenoxy) is 4. The third-order valence-electron chi connectivity index (χ3n) is 16.2. The zero-order valence-corrected chi connectivity index (χ0v) is 30.7. The number of Topliss-reactive ketones (excluding diaryl/α,β-unsaturated/α-hetero) is 1. The Morgan fingerprint density at radius 3 is 2.35 bits per heavy atom. The summed E-state index contributed by atoms with van der Waals surface area (Å²) in [7, 11) is 0. The number of carbonyl (C=O) groups excluding carboxylic acids is 2. The van der Waals surface area contributed by atoms with Crippen LogP contribution in [0.4, 0.5) is 0 Å². The molecule has 10 nitrogen and oxygen atoms in total. The van der Waals surface area contributed by atoms with E-state index < -0.39 is 60.9 Å². The molecule has 0 unspecified atom stereocenters. The highest BCUT2D eigenvalue weighted by Gasteiger charge is 2.71. The zero-order chi connectivity index (χ0) is 35.6. The molecule has 4 saturated carbocycles. The van der Waals surface area contributed by atoms with Crippen LogP contribution in [0.1, 0.15) is 107 Å². The standard InChI is InChI=1S/C39H60O10/c1-19-18-46-20(2)39-14-13-37(7)22(29(39)24(42)15-23(19)39)9-10-28-36(6)16-25(47-21(3)41)33(35(4,5)27(36)11-12-38(28,37)8)49-34-32(45)31(44)30(43)26(17-40)48-34/h19-20,23,25-28,30-34,40,43-45H,9-18H2,1-8H3/t19-,20+,23+,25+,26-,27+,28+,30-,31+,32-,33-,34-,36-,37-,38-,39-/m0/s1. The van der Waals surface area contributed by atoms with Crippen molar-refractivity contribution in [3.63, 3.8) is 0 Å². The Balaban J connectivity index is 1.24. The van der Waals surface area contributed by atoms with Crippen molar-refractivity contribution >= 4 is 11.8 Å². The largest absolute Gasteiger partial charge is 0.460 e. The maximum absolute atomic E-state index is 14.1. The van der Waals surface area contributed by atoms with Crippen LogP contribution in [0.15, 0.2) is 11.1 Å². The molecule has 276 valence electrons. The van der Waals surface area contributed by atoms with E-state index in [1.165, 1.54) is 12.5 Å². The summed E-state index contributed by atoms with van der Waals surface area (Å²) in [5.41, 5.74) is 1.35. The van der Waals surface area contributed by atoms with Crippen molar-refractivity contribution in [1.82, 2.24) is 0 Å². The molecule has 6 fully saturated rings. The molecule has 4 N–H and O–H groups in total. The molecule has 0 aromatic carbocycles. The van der Waals surface area contributed by atoms with Crippen molar-refractivity contribution < 1.29 is 49.0 Å². The van der Waals surface area contributed by atoms with Crippen molar-refractivity contribution in [2.24, 2.45) is 50.7 Å². The van der Waals surface area contributed by atoms with Crippen LogP contribution in [0, 0.1) is 50.7 Å². The van der Waals surface area contributed by atoms with Gasteiger partial charge in [0.2, 0.25) is 0 Å². The van der Waals surface area contributed by atoms with E-state index >= 15 is 0 Å². The normalized spacial score (nSPS) is 53.5. The molecular formula is C39H60O10. The molecule has 0 aromatic heterocycles. The van der Waals surface area contributed by atoms with Gasteiger partial charge in [-0.15, -0.1) is 0 Å². The second-order valence-electron chi connectivity index (χ2n) is 18.4. The van der Waals surface area contributed by atoms with Gasteiger partial charge in [0.15, 0.2) is 12.1 Å². The number of aliphatic hydroxyl groups excluding tert-OH is 4. The maximum atomic E-state index is 14.1. The number of rotatable bonds is 4. The van der Waals surface area contributed by atoms with Gasteiger partial charge in [0, 0.05) is 30.9 Å². The van der Waals surface area contributed by atoms with Gasteiger partial charge in [0.1, 0.15) is 36.6 Å². The SMILES string of the molecule is CC(=O)O[C@@H]1C[C@@]2(C)[C@H](CC[C@@]3(C)[C@@H]2CCC2=C4C(=O)C[C@@H]5[C@@H](C)CO[C@H](C)[C@]45CC[C@@]23C)C(C)(C)[C@H]1O[C@@H]1O[C@@H](CO)[C@H](O)[C@@H](O)[C@@H]1O. The van der Waals surface area contributed by atoms with Crippen LogP contribution >= 0.6 is 0 Å². The van der Waals surface area contributed by atoms with Crippen molar-refractivity contribution in [3.8, 4) is 0 Å². The number of esters is 1. The monoisotopic (exact) mass is 688 g/mol. The molecule has 10 heteroatoms. The van der Waals surface area contributed by atoms with Gasteiger partial charge in [0.25, 0.3) is 0 Å². The summed E-state index contributed by atoms with van der Waals surface area (Å²) < 4.78 is 24.8. The number of allylic oxidation sites excluding steroid dienone is 1. The van der Waals surface area contributed by atoms with Gasteiger partial charge in [0.05, 0.1) is 12.7 Å². The fourth-order valence-corrected chi connectivity index (χ4v) is 13.7. The Bertz CT molecular complexity index is 1390. The first-order valence-corrected chi connectivity index (χ1v) is 18.9. The minimum absolute atomic E-state index is 0.0373. The minimum atomic E-state index is -1.57. The number of fused-ring (bicyclic) bond motifs is 5. The first-order valence-electron chi connectivity index (χ1n) is 18.9. The molecule has 0 aromatic rings. The third kappa shape index (κ3) is 4.76. The first-order chi connectivity index (χ1) is 22.9. The summed E-state index contributed by atoms with van der Waals surface area (Å²) in [5, 5.41) is 41.6. The second-order valence-corrected chi connectivity index (χ2v) is 18.4. The van der Waals surface area contributed by atoms with E-state index in [4.69, 9.17) is 18.9 Å². The molecule has 0 radical (unpaired) electrons.